The highest BCUT2D eigenvalue weighted by atomic mass is 15.2. The summed E-state index contributed by atoms with van der Waals surface area (Å²) in [6, 6.07) is 2.38. The van der Waals surface area contributed by atoms with E-state index in [0.717, 1.165) is 24.6 Å². The molecule has 1 heterocycles. The lowest BCUT2D eigenvalue weighted by molar-refractivity contribution is 0.646. The van der Waals surface area contributed by atoms with Crippen LogP contribution in [-0.2, 0) is 0 Å². The molecule has 4 heteroatoms. The van der Waals surface area contributed by atoms with Crippen molar-refractivity contribution >= 4 is 5.82 Å². The van der Waals surface area contributed by atoms with Crippen molar-refractivity contribution in [3.8, 4) is 0 Å². The average Bonchev–Trinajstić information content (AvgIpc) is 2.18. The van der Waals surface area contributed by atoms with Crippen molar-refractivity contribution in [1.29, 1.82) is 0 Å². The molecule has 0 aliphatic heterocycles. The van der Waals surface area contributed by atoms with Gasteiger partial charge in [0.15, 0.2) is 0 Å². The molecule has 4 nitrogen and oxygen atoms in total. The minimum Gasteiger partial charge on any atom is -0.354 e. The fourth-order valence-corrected chi connectivity index (χ4v) is 1.50. The summed E-state index contributed by atoms with van der Waals surface area (Å²) in [6.07, 6.45) is 2.79. The van der Waals surface area contributed by atoms with Gasteiger partial charge in [0.05, 0.1) is 0 Å². The second kappa shape index (κ2) is 5.66. The molecule has 2 N–H and O–H groups in total. The predicted molar refractivity (Wildman–Crippen MR) is 62.9 cm³/mol. The Morgan fingerprint density at radius 2 is 2.20 bits per heavy atom. The Labute approximate surface area is 91.5 Å². The van der Waals surface area contributed by atoms with Crippen LogP contribution < -0.4 is 10.6 Å². The van der Waals surface area contributed by atoms with E-state index in [4.69, 9.17) is 5.73 Å². The van der Waals surface area contributed by atoms with Crippen LogP contribution in [0.4, 0.5) is 5.82 Å². The van der Waals surface area contributed by atoms with Gasteiger partial charge in [0.1, 0.15) is 11.6 Å². The van der Waals surface area contributed by atoms with E-state index >= 15 is 0 Å². The number of aryl methyl sites for hydroxylation is 1. The molecule has 0 radical (unpaired) electrons. The van der Waals surface area contributed by atoms with Gasteiger partial charge in [0, 0.05) is 18.8 Å². The third-order valence-corrected chi connectivity index (χ3v) is 2.28. The molecular formula is C11H20N4. The first-order valence-electron chi connectivity index (χ1n) is 5.41. The molecule has 15 heavy (non-hydrogen) atoms. The molecule has 0 unspecified atom stereocenters. The fourth-order valence-electron chi connectivity index (χ4n) is 1.50. The molecule has 1 aromatic heterocycles. The molecule has 0 atom stereocenters. The van der Waals surface area contributed by atoms with Crippen LogP contribution in [0, 0.1) is 6.92 Å². The molecule has 0 bridgehead atoms. The second-order valence-corrected chi connectivity index (χ2v) is 3.89. The van der Waals surface area contributed by atoms with Gasteiger partial charge in [-0.3, -0.25) is 0 Å². The second-order valence-electron chi connectivity index (χ2n) is 3.89. The van der Waals surface area contributed by atoms with Gasteiger partial charge in [-0.1, -0.05) is 0 Å². The Morgan fingerprint density at radius 3 is 2.73 bits per heavy atom. The van der Waals surface area contributed by atoms with Crippen LogP contribution in [0.3, 0.4) is 0 Å². The molecular weight excluding hydrogens is 188 g/mol. The highest BCUT2D eigenvalue weighted by Crippen LogP contribution is 2.13. The van der Waals surface area contributed by atoms with Gasteiger partial charge in [-0.2, -0.15) is 0 Å². The van der Waals surface area contributed by atoms with Crippen LogP contribution in [0.25, 0.3) is 0 Å². The SMILES string of the molecule is Cc1nccc(N(CCCN)C(C)C)n1. The molecule has 0 amide bonds. The van der Waals surface area contributed by atoms with Crippen LogP contribution in [0.5, 0.6) is 0 Å². The number of hydrogen-bond acceptors (Lipinski definition) is 4. The number of aromatic nitrogens is 2. The Kier molecular flexibility index (Phi) is 4.49. The maximum Gasteiger partial charge on any atom is 0.132 e. The Balaban J connectivity index is 2.79. The van der Waals surface area contributed by atoms with Crippen molar-refractivity contribution in [2.24, 2.45) is 5.73 Å². The van der Waals surface area contributed by atoms with Gasteiger partial charge in [-0.15, -0.1) is 0 Å². The van der Waals surface area contributed by atoms with Crippen LogP contribution in [0.1, 0.15) is 26.1 Å². The smallest absolute Gasteiger partial charge is 0.132 e. The van der Waals surface area contributed by atoms with E-state index in [2.05, 4.69) is 28.7 Å². The van der Waals surface area contributed by atoms with Crippen molar-refractivity contribution in [3.05, 3.63) is 18.1 Å². The number of anilines is 1. The van der Waals surface area contributed by atoms with Crippen molar-refractivity contribution < 1.29 is 0 Å². The summed E-state index contributed by atoms with van der Waals surface area (Å²) in [4.78, 5) is 10.8. The Hall–Kier alpha value is -1.16. The first-order valence-corrected chi connectivity index (χ1v) is 5.41. The summed E-state index contributed by atoms with van der Waals surface area (Å²) >= 11 is 0. The van der Waals surface area contributed by atoms with Gasteiger partial charge >= 0.3 is 0 Å². The van der Waals surface area contributed by atoms with Crippen LogP contribution >= 0.6 is 0 Å². The van der Waals surface area contributed by atoms with E-state index in [9.17, 15) is 0 Å². The monoisotopic (exact) mass is 208 g/mol. The molecule has 0 saturated carbocycles. The zero-order chi connectivity index (χ0) is 11.3. The zero-order valence-corrected chi connectivity index (χ0v) is 9.77. The van der Waals surface area contributed by atoms with Crippen molar-refractivity contribution in [2.45, 2.75) is 33.2 Å². The maximum absolute atomic E-state index is 5.53. The van der Waals surface area contributed by atoms with E-state index < -0.39 is 0 Å². The molecule has 0 fully saturated rings. The van der Waals surface area contributed by atoms with Gasteiger partial charge < -0.3 is 10.6 Å². The summed E-state index contributed by atoms with van der Waals surface area (Å²) in [5.41, 5.74) is 5.53. The van der Waals surface area contributed by atoms with E-state index in [-0.39, 0.29) is 0 Å². The van der Waals surface area contributed by atoms with E-state index in [0.29, 0.717) is 12.6 Å². The minimum absolute atomic E-state index is 0.436. The van der Waals surface area contributed by atoms with E-state index in [1.54, 1.807) is 6.20 Å². The predicted octanol–water partition coefficient (Wildman–Crippen LogP) is 1.35. The molecule has 0 aliphatic carbocycles. The summed E-state index contributed by atoms with van der Waals surface area (Å²) in [5, 5.41) is 0. The standard InChI is InChI=1S/C11H20N4/c1-9(2)15(8-4-6-12)11-5-7-13-10(3)14-11/h5,7,9H,4,6,8,12H2,1-3H3. The zero-order valence-electron chi connectivity index (χ0n) is 9.77. The van der Waals surface area contributed by atoms with Gasteiger partial charge in [-0.25, -0.2) is 9.97 Å². The van der Waals surface area contributed by atoms with Crippen molar-refractivity contribution in [1.82, 2.24) is 9.97 Å². The average molecular weight is 208 g/mol. The number of hydrogen-bond donors (Lipinski definition) is 1. The summed E-state index contributed by atoms with van der Waals surface area (Å²) < 4.78 is 0. The van der Waals surface area contributed by atoms with Crippen LogP contribution in [-0.4, -0.2) is 29.1 Å². The molecule has 0 saturated heterocycles. The minimum atomic E-state index is 0.436. The van der Waals surface area contributed by atoms with Gasteiger partial charge in [-0.05, 0) is 39.8 Å². The number of nitrogens with two attached hydrogens (primary N) is 1. The van der Waals surface area contributed by atoms with E-state index in [1.807, 2.05) is 13.0 Å². The largest absolute Gasteiger partial charge is 0.354 e. The normalized spacial score (nSPS) is 10.7. The fraction of sp³-hybridized carbons (Fsp3) is 0.636. The molecule has 0 aliphatic rings. The topological polar surface area (TPSA) is 55.0 Å². The number of rotatable bonds is 5. The highest BCUT2D eigenvalue weighted by Gasteiger charge is 2.11. The third-order valence-electron chi connectivity index (χ3n) is 2.28. The molecule has 84 valence electrons. The summed E-state index contributed by atoms with van der Waals surface area (Å²) in [5.74, 6) is 1.80. The maximum atomic E-state index is 5.53. The van der Waals surface area contributed by atoms with Crippen molar-refractivity contribution in [2.75, 3.05) is 18.0 Å². The first kappa shape index (κ1) is 11.9. The first-order chi connectivity index (χ1) is 7.15. The lowest BCUT2D eigenvalue weighted by Gasteiger charge is -2.27. The van der Waals surface area contributed by atoms with Crippen LogP contribution in [0.15, 0.2) is 12.3 Å². The Morgan fingerprint density at radius 1 is 1.47 bits per heavy atom. The summed E-state index contributed by atoms with van der Waals surface area (Å²) in [7, 11) is 0. The van der Waals surface area contributed by atoms with Crippen molar-refractivity contribution in [3.63, 3.8) is 0 Å². The van der Waals surface area contributed by atoms with Gasteiger partial charge in [0.25, 0.3) is 0 Å². The molecule has 1 aromatic rings. The molecule has 1 rings (SSSR count). The lowest BCUT2D eigenvalue weighted by atomic mass is 10.3. The molecule has 0 aromatic carbocycles. The highest BCUT2D eigenvalue weighted by molar-refractivity contribution is 5.38. The quantitative estimate of drug-likeness (QED) is 0.793. The Bertz CT molecular complexity index is 298. The molecule has 0 spiro atoms. The third kappa shape index (κ3) is 3.47. The summed E-state index contributed by atoms with van der Waals surface area (Å²) in [6.45, 7) is 7.89. The van der Waals surface area contributed by atoms with E-state index in [1.165, 1.54) is 0 Å². The van der Waals surface area contributed by atoms with Crippen LogP contribution in [0.2, 0.25) is 0 Å². The lowest BCUT2D eigenvalue weighted by Crippen LogP contribution is -2.33. The van der Waals surface area contributed by atoms with Gasteiger partial charge in [0.2, 0.25) is 0 Å². The number of nitrogens with zero attached hydrogens (tertiary/aromatic N) is 3.